The average molecular weight is 491 g/mol. The lowest BCUT2D eigenvalue weighted by atomic mass is 9.99. The normalized spacial score (nSPS) is 12.2. The topological polar surface area (TPSA) is 49.4 Å². The van der Waals surface area contributed by atoms with E-state index in [0.717, 1.165) is 27.8 Å². The molecule has 0 heterocycles. The molecule has 0 aliphatic heterocycles. The molecule has 4 nitrogen and oxygen atoms in total. The van der Waals surface area contributed by atoms with Crippen molar-refractivity contribution >= 4 is 23.4 Å². The molecule has 0 aliphatic rings. The van der Waals surface area contributed by atoms with E-state index in [-0.39, 0.29) is 18.2 Å². The minimum absolute atomic E-state index is 0.0973. The Labute approximate surface area is 214 Å². The standard InChI is InChI=1S/C30H35ClN2O2/c1-21-14-22(2)16-25(15-21)19-28(34)33(20-24-12-9-13-26(31)17-24)27(29(35)32-30(3,4)5)18-23-10-7-6-8-11-23/h6-17,27H,18-20H2,1-5H3,(H,32,35). The maximum atomic E-state index is 13.8. The van der Waals surface area contributed by atoms with Gasteiger partial charge in [-0.2, -0.15) is 0 Å². The van der Waals surface area contributed by atoms with Gasteiger partial charge in [0.2, 0.25) is 11.8 Å². The molecule has 1 atom stereocenters. The van der Waals surface area contributed by atoms with Gasteiger partial charge in [0.1, 0.15) is 6.04 Å². The molecule has 1 unspecified atom stereocenters. The highest BCUT2D eigenvalue weighted by Gasteiger charge is 2.32. The molecule has 0 radical (unpaired) electrons. The molecular weight excluding hydrogens is 456 g/mol. The van der Waals surface area contributed by atoms with Gasteiger partial charge in [-0.1, -0.05) is 83.4 Å². The minimum Gasteiger partial charge on any atom is -0.350 e. The molecule has 0 bridgehead atoms. The second-order valence-electron chi connectivity index (χ2n) is 10.3. The number of halogens is 1. The van der Waals surface area contributed by atoms with E-state index in [9.17, 15) is 9.59 Å². The molecule has 0 aliphatic carbocycles. The van der Waals surface area contributed by atoms with Gasteiger partial charge in [0.05, 0.1) is 6.42 Å². The second kappa shape index (κ2) is 11.5. The number of rotatable bonds is 8. The summed E-state index contributed by atoms with van der Waals surface area (Å²) < 4.78 is 0. The van der Waals surface area contributed by atoms with Gasteiger partial charge in [-0.15, -0.1) is 0 Å². The van der Waals surface area contributed by atoms with Crippen LogP contribution in [-0.2, 0) is 29.0 Å². The molecular formula is C30H35ClN2O2. The molecule has 0 saturated heterocycles. The molecule has 3 aromatic carbocycles. The van der Waals surface area contributed by atoms with Crippen LogP contribution in [0.5, 0.6) is 0 Å². The number of amides is 2. The largest absolute Gasteiger partial charge is 0.350 e. The monoisotopic (exact) mass is 490 g/mol. The lowest BCUT2D eigenvalue weighted by Crippen LogP contribution is -2.54. The molecule has 1 N–H and O–H groups in total. The van der Waals surface area contributed by atoms with Crippen molar-refractivity contribution in [3.63, 3.8) is 0 Å². The van der Waals surface area contributed by atoms with Crippen LogP contribution in [0.4, 0.5) is 0 Å². The van der Waals surface area contributed by atoms with Crippen LogP contribution in [-0.4, -0.2) is 28.3 Å². The Kier molecular flexibility index (Phi) is 8.74. The fourth-order valence-corrected chi connectivity index (χ4v) is 4.50. The summed E-state index contributed by atoms with van der Waals surface area (Å²) in [6, 6.07) is 22.8. The highest BCUT2D eigenvalue weighted by Crippen LogP contribution is 2.20. The zero-order valence-electron chi connectivity index (χ0n) is 21.3. The summed E-state index contributed by atoms with van der Waals surface area (Å²) in [7, 11) is 0. The molecule has 0 fully saturated rings. The van der Waals surface area contributed by atoms with Crippen molar-refractivity contribution in [2.45, 2.75) is 65.6 Å². The van der Waals surface area contributed by atoms with Crippen LogP contribution in [0.15, 0.2) is 72.8 Å². The van der Waals surface area contributed by atoms with Gasteiger partial charge in [-0.05, 0) is 63.4 Å². The van der Waals surface area contributed by atoms with Crippen LogP contribution in [0.2, 0.25) is 5.02 Å². The van der Waals surface area contributed by atoms with Crippen LogP contribution in [0.25, 0.3) is 0 Å². The van der Waals surface area contributed by atoms with Gasteiger partial charge < -0.3 is 10.2 Å². The van der Waals surface area contributed by atoms with Crippen molar-refractivity contribution in [3.05, 3.63) is 106 Å². The first kappa shape index (κ1) is 26.5. The molecule has 0 saturated carbocycles. The Morgan fingerprint density at radius 3 is 2.09 bits per heavy atom. The first-order chi connectivity index (χ1) is 16.5. The Hall–Kier alpha value is -3.11. The fourth-order valence-electron chi connectivity index (χ4n) is 4.29. The summed E-state index contributed by atoms with van der Waals surface area (Å²) in [6.45, 7) is 10.2. The Bertz CT molecular complexity index is 1150. The van der Waals surface area contributed by atoms with E-state index in [1.807, 2.05) is 95.3 Å². The third-order valence-electron chi connectivity index (χ3n) is 5.65. The second-order valence-corrected chi connectivity index (χ2v) is 10.7. The lowest BCUT2D eigenvalue weighted by Gasteiger charge is -2.34. The van der Waals surface area contributed by atoms with Gasteiger partial charge in [0, 0.05) is 23.5 Å². The Balaban J connectivity index is 2.01. The maximum Gasteiger partial charge on any atom is 0.243 e. The molecule has 0 spiro atoms. The van der Waals surface area contributed by atoms with E-state index < -0.39 is 11.6 Å². The van der Waals surface area contributed by atoms with Crippen molar-refractivity contribution in [3.8, 4) is 0 Å². The quantitative estimate of drug-likeness (QED) is 0.417. The van der Waals surface area contributed by atoms with Gasteiger partial charge >= 0.3 is 0 Å². The molecule has 184 valence electrons. The third-order valence-corrected chi connectivity index (χ3v) is 5.88. The van der Waals surface area contributed by atoms with E-state index in [1.54, 1.807) is 11.0 Å². The highest BCUT2D eigenvalue weighted by molar-refractivity contribution is 6.30. The zero-order valence-corrected chi connectivity index (χ0v) is 22.0. The smallest absolute Gasteiger partial charge is 0.243 e. The first-order valence-corrected chi connectivity index (χ1v) is 12.3. The molecule has 5 heteroatoms. The average Bonchev–Trinajstić information content (AvgIpc) is 2.75. The Morgan fingerprint density at radius 1 is 0.857 bits per heavy atom. The summed E-state index contributed by atoms with van der Waals surface area (Å²) >= 11 is 6.25. The van der Waals surface area contributed by atoms with Gasteiger partial charge in [-0.25, -0.2) is 0 Å². The fraction of sp³-hybridized carbons (Fsp3) is 0.333. The summed E-state index contributed by atoms with van der Waals surface area (Å²) in [5.74, 6) is -0.267. The predicted molar refractivity (Wildman–Crippen MR) is 143 cm³/mol. The summed E-state index contributed by atoms with van der Waals surface area (Å²) in [6.07, 6.45) is 0.638. The van der Waals surface area contributed by atoms with Gasteiger partial charge in [0.15, 0.2) is 0 Å². The van der Waals surface area contributed by atoms with Crippen LogP contribution in [0.1, 0.15) is 48.6 Å². The number of nitrogens with one attached hydrogen (secondary N) is 1. The molecule has 2 amide bonds. The SMILES string of the molecule is Cc1cc(C)cc(CC(=O)N(Cc2cccc(Cl)c2)C(Cc2ccccc2)C(=O)NC(C)(C)C)c1. The van der Waals surface area contributed by atoms with Crippen molar-refractivity contribution < 1.29 is 9.59 Å². The summed E-state index contributed by atoms with van der Waals surface area (Å²) in [5.41, 5.74) is 4.62. The van der Waals surface area contributed by atoms with Gasteiger partial charge in [-0.3, -0.25) is 9.59 Å². The van der Waals surface area contributed by atoms with Crippen molar-refractivity contribution in [1.82, 2.24) is 10.2 Å². The van der Waals surface area contributed by atoms with E-state index in [0.29, 0.717) is 18.0 Å². The highest BCUT2D eigenvalue weighted by atomic mass is 35.5. The number of benzene rings is 3. The molecule has 0 aromatic heterocycles. The van der Waals surface area contributed by atoms with E-state index >= 15 is 0 Å². The molecule has 3 aromatic rings. The summed E-state index contributed by atoms with van der Waals surface area (Å²) in [5, 5.41) is 3.70. The minimum atomic E-state index is -0.672. The van der Waals surface area contributed by atoms with E-state index in [1.165, 1.54) is 0 Å². The lowest BCUT2D eigenvalue weighted by molar-refractivity contribution is -0.141. The molecule has 3 rings (SSSR count). The van der Waals surface area contributed by atoms with E-state index in [4.69, 9.17) is 11.6 Å². The predicted octanol–water partition coefficient (Wildman–Crippen LogP) is 6.05. The third kappa shape index (κ3) is 8.25. The van der Waals surface area contributed by atoms with Crippen LogP contribution in [0, 0.1) is 13.8 Å². The zero-order chi connectivity index (χ0) is 25.6. The van der Waals surface area contributed by atoms with Crippen molar-refractivity contribution in [1.29, 1.82) is 0 Å². The first-order valence-electron chi connectivity index (χ1n) is 12.0. The van der Waals surface area contributed by atoms with Crippen molar-refractivity contribution in [2.24, 2.45) is 0 Å². The number of aryl methyl sites for hydroxylation is 2. The van der Waals surface area contributed by atoms with Crippen LogP contribution < -0.4 is 5.32 Å². The van der Waals surface area contributed by atoms with Gasteiger partial charge in [0.25, 0.3) is 0 Å². The van der Waals surface area contributed by atoms with E-state index in [2.05, 4.69) is 11.4 Å². The van der Waals surface area contributed by atoms with Crippen LogP contribution >= 0.6 is 11.6 Å². The van der Waals surface area contributed by atoms with Crippen molar-refractivity contribution in [2.75, 3.05) is 0 Å². The number of carbonyl (C=O) groups excluding carboxylic acids is 2. The maximum absolute atomic E-state index is 13.8. The van der Waals surface area contributed by atoms with Crippen LogP contribution in [0.3, 0.4) is 0 Å². The summed E-state index contributed by atoms with van der Waals surface area (Å²) in [4.78, 5) is 29.1. The Morgan fingerprint density at radius 2 is 1.49 bits per heavy atom. The number of nitrogens with zero attached hydrogens (tertiary/aromatic N) is 1. The number of carbonyl (C=O) groups is 2. The molecule has 35 heavy (non-hydrogen) atoms. The number of hydrogen-bond acceptors (Lipinski definition) is 2. The number of hydrogen-bond donors (Lipinski definition) is 1.